The van der Waals surface area contributed by atoms with Gasteiger partial charge in [-0.3, -0.25) is 4.99 Å². The number of aliphatic imine (C=N–C) groups is 1. The van der Waals surface area contributed by atoms with E-state index in [1.165, 1.54) is 56.2 Å². The second kappa shape index (κ2) is 3.38. The summed E-state index contributed by atoms with van der Waals surface area (Å²) in [5, 5.41) is 0. The van der Waals surface area contributed by atoms with Gasteiger partial charge in [-0.1, -0.05) is 18.6 Å². The van der Waals surface area contributed by atoms with Crippen LogP contribution in [0.4, 0.5) is 0 Å². The van der Waals surface area contributed by atoms with Crippen molar-refractivity contribution < 1.29 is 0 Å². The van der Waals surface area contributed by atoms with E-state index in [9.17, 15) is 0 Å². The number of rotatable bonds is 0. The minimum Gasteiger partial charge on any atom is -0.281 e. The first kappa shape index (κ1) is 8.46. The van der Waals surface area contributed by atoms with Gasteiger partial charge in [0.25, 0.3) is 0 Å². The van der Waals surface area contributed by atoms with Crippen molar-refractivity contribution in [3.63, 3.8) is 0 Å². The van der Waals surface area contributed by atoms with Crippen LogP contribution in [-0.2, 0) is 0 Å². The molecule has 3 rings (SSSR count). The number of allylic oxidation sites excluding steroid dienone is 3. The Morgan fingerprint density at radius 2 is 2.14 bits per heavy atom. The predicted molar refractivity (Wildman–Crippen MR) is 59.7 cm³/mol. The molecule has 1 heterocycles. The van der Waals surface area contributed by atoms with E-state index in [0.717, 1.165) is 0 Å². The quantitative estimate of drug-likeness (QED) is 0.551. The first-order valence-corrected chi connectivity index (χ1v) is 5.91. The number of hydrogen-bond acceptors (Lipinski definition) is 1. The predicted octanol–water partition coefficient (Wildman–Crippen LogP) is 3.42. The van der Waals surface area contributed by atoms with Gasteiger partial charge in [-0.15, -0.1) is 0 Å². The Morgan fingerprint density at radius 1 is 1.14 bits per heavy atom. The van der Waals surface area contributed by atoms with E-state index >= 15 is 0 Å². The molecule has 0 spiro atoms. The van der Waals surface area contributed by atoms with Gasteiger partial charge in [-0.2, -0.15) is 0 Å². The summed E-state index contributed by atoms with van der Waals surface area (Å²) in [5.41, 5.74) is 4.45. The Hall–Kier alpha value is -0.850. The summed E-state index contributed by atoms with van der Waals surface area (Å²) in [6.07, 6.45) is 13.9. The Morgan fingerprint density at radius 3 is 3.14 bits per heavy atom. The molecule has 0 radical (unpaired) electrons. The van der Waals surface area contributed by atoms with E-state index < -0.39 is 0 Å². The molecule has 2 aliphatic carbocycles. The molecular formula is C13H17N. The fourth-order valence-corrected chi connectivity index (χ4v) is 2.79. The van der Waals surface area contributed by atoms with E-state index in [0.29, 0.717) is 6.04 Å². The van der Waals surface area contributed by atoms with Gasteiger partial charge in [0.05, 0.1) is 6.04 Å². The molecular weight excluding hydrogens is 170 g/mol. The molecule has 0 aromatic heterocycles. The van der Waals surface area contributed by atoms with Crippen molar-refractivity contribution in [2.45, 2.75) is 51.0 Å². The molecule has 1 fully saturated rings. The van der Waals surface area contributed by atoms with Gasteiger partial charge < -0.3 is 0 Å². The Kier molecular flexibility index (Phi) is 2.04. The Labute approximate surface area is 85.6 Å². The van der Waals surface area contributed by atoms with Gasteiger partial charge in [0.15, 0.2) is 0 Å². The van der Waals surface area contributed by atoms with Gasteiger partial charge in [0.2, 0.25) is 0 Å². The average Bonchev–Trinajstić information content (AvgIpc) is 2.26. The van der Waals surface area contributed by atoms with E-state index in [4.69, 9.17) is 4.99 Å². The van der Waals surface area contributed by atoms with Crippen molar-refractivity contribution >= 4 is 5.71 Å². The summed E-state index contributed by atoms with van der Waals surface area (Å²) >= 11 is 0. The zero-order chi connectivity index (χ0) is 9.38. The molecule has 0 saturated heterocycles. The molecule has 0 aromatic rings. The SMILES string of the molecule is C1=C2C=C3CCCCC3N=C2CCC1. The van der Waals surface area contributed by atoms with Crippen LogP contribution in [0.2, 0.25) is 0 Å². The standard InChI is InChI=1S/C13H17N/c1-3-7-12-10(5-1)9-11-6-2-4-8-13(11)14-12/h5,9,13H,1-4,6-8H2. The maximum Gasteiger partial charge on any atom is 0.0715 e. The van der Waals surface area contributed by atoms with Crippen LogP contribution in [-0.4, -0.2) is 11.8 Å². The largest absolute Gasteiger partial charge is 0.281 e. The minimum atomic E-state index is 0.564. The van der Waals surface area contributed by atoms with E-state index in [-0.39, 0.29) is 0 Å². The lowest BCUT2D eigenvalue weighted by molar-refractivity contribution is 0.533. The highest BCUT2D eigenvalue weighted by Crippen LogP contribution is 2.33. The van der Waals surface area contributed by atoms with Gasteiger partial charge in [-0.05, 0) is 49.7 Å². The van der Waals surface area contributed by atoms with Crippen molar-refractivity contribution in [2.75, 3.05) is 0 Å². The van der Waals surface area contributed by atoms with Crippen LogP contribution in [0.15, 0.2) is 28.3 Å². The molecule has 3 aliphatic rings. The maximum absolute atomic E-state index is 4.91. The molecule has 0 N–H and O–H groups in total. The molecule has 1 aliphatic heterocycles. The Balaban J connectivity index is 1.95. The third-order valence-corrected chi connectivity index (χ3v) is 3.59. The smallest absolute Gasteiger partial charge is 0.0715 e. The van der Waals surface area contributed by atoms with Crippen LogP contribution < -0.4 is 0 Å². The summed E-state index contributed by atoms with van der Waals surface area (Å²) in [7, 11) is 0. The van der Waals surface area contributed by atoms with E-state index in [2.05, 4.69) is 12.2 Å². The molecule has 1 saturated carbocycles. The third kappa shape index (κ3) is 1.35. The van der Waals surface area contributed by atoms with Gasteiger partial charge in [0.1, 0.15) is 0 Å². The number of nitrogens with zero attached hydrogens (tertiary/aromatic N) is 1. The zero-order valence-electron chi connectivity index (χ0n) is 8.63. The van der Waals surface area contributed by atoms with Gasteiger partial charge in [0, 0.05) is 5.71 Å². The normalized spacial score (nSPS) is 30.9. The maximum atomic E-state index is 4.91. The first-order valence-electron chi connectivity index (χ1n) is 5.91. The van der Waals surface area contributed by atoms with Crippen molar-refractivity contribution in [1.82, 2.24) is 0 Å². The van der Waals surface area contributed by atoms with E-state index in [1.807, 2.05) is 0 Å². The van der Waals surface area contributed by atoms with E-state index in [1.54, 1.807) is 5.57 Å². The van der Waals surface area contributed by atoms with Crippen LogP contribution in [0.5, 0.6) is 0 Å². The summed E-state index contributed by atoms with van der Waals surface area (Å²) in [4.78, 5) is 4.91. The summed E-state index contributed by atoms with van der Waals surface area (Å²) < 4.78 is 0. The van der Waals surface area contributed by atoms with Crippen LogP contribution >= 0.6 is 0 Å². The summed E-state index contributed by atoms with van der Waals surface area (Å²) in [5.74, 6) is 0. The number of fused-ring (bicyclic) bond motifs is 2. The summed E-state index contributed by atoms with van der Waals surface area (Å²) in [6, 6.07) is 0.564. The van der Waals surface area contributed by atoms with Crippen molar-refractivity contribution in [3.8, 4) is 0 Å². The highest BCUT2D eigenvalue weighted by atomic mass is 14.8. The lowest BCUT2D eigenvalue weighted by Gasteiger charge is -2.29. The second-order valence-electron chi connectivity index (χ2n) is 4.61. The number of dihydropyridines is 1. The highest BCUT2D eigenvalue weighted by molar-refractivity contribution is 6.04. The molecule has 0 amide bonds. The molecule has 1 unspecified atom stereocenters. The number of hydrogen-bond donors (Lipinski definition) is 0. The fourth-order valence-electron chi connectivity index (χ4n) is 2.79. The average molecular weight is 187 g/mol. The molecule has 0 bridgehead atoms. The molecule has 1 nitrogen and oxygen atoms in total. The van der Waals surface area contributed by atoms with Gasteiger partial charge in [-0.25, -0.2) is 0 Å². The lowest BCUT2D eigenvalue weighted by atomic mass is 9.83. The monoisotopic (exact) mass is 187 g/mol. The van der Waals surface area contributed by atoms with Crippen LogP contribution in [0, 0.1) is 0 Å². The second-order valence-corrected chi connectivity index (χ2v) is 4.61. The molecule has 14 heavy (non-hydrogen) atoms. The Bertz CT molecular complexity index is 333. The zero-order valence-corrected chi connectivity index (χ0v) is 8.63. The van der Waals surface area contributed by atoms with Crippen LogP contribution in [0.3, 0.4) is 0 Å². The van der Waals surface area contributed by atoms with Crippen LogP contribution in [0.1, 0.15) is 44.9 Å². The molecule has 0 aromatic carbocycles. The first-order chi connectivity index (χ1) is 6.93. The van der Waals surface area contributed by atoms with Crippen molar-refractivity contribution in [1.29, 1.82) is 0 Å². The van der Waals surface area contributed by atoms with Crippen LogP contribution in [0.25, 0.3) is 0 Å². The molecule has 74 valence electrons. The van der Waals surface area contributed by atoms with Crippen molar-refractivity contribution in [2.24, 2.45) is 4.99 Å². The molecule has 1 heteroatoms. The summed E-state index contributed by atoms with van der Waals surface area (Å²) in [6.45, 7) is 0. The topological polar surface area (TPSA) is 12.4 Å². The lowest BCUT2D eigenvalue weighted by Crippen LogP contribution is -2.22. The minimum absolute atomic E-state index is 0.564. The fraction of sp³-hybridized carbons (Fsp3) is 0.615. The highest BCUT2D eigenvalue weighted by Gasteiger charge is 2.24. The van der Waals surface area contributed by atoms with Gasteiger partial charge >= 0.3 is 0 Å². The third-order valence-electron chi connectivity index (χ3n) is 3.59. The van der Waals surface area contributed by atoms with Crippen molar-refractivity contribution in [3.05, 3.63) is 23.3 Å². The molecule has 1 atom stereocenters.